The summed E-state index contributed by atoms with van der Waals surface area (Å²) in [6.07, 6.45) is 0. The Hall–Kier alpha value is -1.82. The summed E-state index contributed by atoms with van der Waals surface area (Å²) in [4.78, 5) is 12.0. The van der Waals surface area contributed by atoms with E-state index in [9.17, 15) is 4.79 Å². The molecule has 0 saturated heterocycles. The van der Waals surface area contributed by atoms with E-state index >= 15 is 0 Å². The maximum atomic E-state index is 12.0. The van der Waals surface area contributed by atoms with Crippen LogP contribution in [0.4, 0.5) is 11.5 Å². The number of amides is 1. The Balaban J connectivity index is 1.98. The fourth-order valence-corrected chi connectivity index (χ4v) is 1.96. The number of carbonyl (C=O) groups excluding carboxylic acids is 1. The largest absolute Gasteiger partial charge is 0.374 e. The minimum Gasteiger partial charge on any atom is -0.374 e. The monoisotopic (exact) mass is 337 g/mol. The molecule has 5 nitrogen and oxygen atoms in total. The molecule has 1 heterocycles. The Kier molecular flexibility index (Phi) is 4.44. The maximum Gasteiger partial charge on any atom is 0.247 e. The molecule has 1 aromatic carbocycles. The van der Waals surface area contributed by atoms with Crippen molar-refractivity contribution in [3.05, 3.63) is 40.1 Å². The lowest BCUT2D eigenvalue weighted by atomic mass is 10.2. The number of rotatable bonds is 4. The number of aromatic nitrogens is 1. The van der Waals surface area contributed by atoms with Crippen molar-refractivity contribution in [2.24, 2.45) is 0 Å². The minimum atomic E-state index is -0.382. The van der Waals surface area contributed by atoms with Crippen molar-refractivity contribution in [1.82, 2.24) is 5.16 Å². The molecule has 2 N–H and O–H groups in total. The molecule has 2 aromatic rings. The zero-order chi connectivity index (χ0) is 14.7. The van der Waals surface area contributed by atoms with Crippen LogP contribution in [0.2, 0.25) is 0 Å². The van der Waals surface area contributed by atoms with Crippen molar-refractivity contribution in [3.8, 4) is 0 Å². The summed E-state index contributed by atoms with van der Waals surface area (Å²) in [6.45, 7) is 5.56. The van der Waals surface area contributed by atoms with E-state index in [1.165, 1.54) is 0 Å². The van der Waals surface area contributed by atoms with E-state index in [4.69, 9.17) is 4.52 Å². The van der Waals surface area contributed by atoms with Crippen molar-refractivity contribution < 1.29 is 9.32 Å². The third kappa shape index (κ3) is 3.60. The van der Waals surface area contributed by atoms with Crippen LogP contribution in [0.3, 0.4) is 0 Å². The van der Waals surface area contributed by atoms with E-state index in [2.05, 4.69) is 31.7 Å². The number of hydrogen-bond donors (Lipinski definition) is 2. The zero-order valence-electron chi connectivity index (χ0n) is 11.5. The van der Waals surface area contributed by atoms with Crippen molar-refractivity contribution in [2.45, 2.75) is 26.8 Å². The average Bonchev–Trinajstić information content (AvgIpc) is 2.79. The fourth-order valence-electron chi connectivity index (χ4n) is 1.71. The lowest BCUT2D eigenvalue weighted by molar-refractivity contribution is -0.116. The third-order valence-corrected chi connectivity index (χ3v) is 3.70. The first kappa shape index (κ1) is 14.6. The summed E-state index contributed by atoms with van der Waals surface area (Å²) in [5, 5.41) is 9.57. The molecule has 1 amide bonds. The van der Waals surface area contributed by atoms with Crippen molar-refractivity contribution in [2.75, 3.05) is 10.6 Å². The molecule has 0 aliphatic carbocycles. The molecule has 6 heteroatoms. The van der Waals surface area contributed by atoms with E-state index in [1.807, 2.05) is 25.1 Å². The second-order valence-corrected chi connectivity index (χ2v) is 5.50. The summed E-state index contributed by atoms with van der Waals surface area (Å²) in [7, 11) is 0. The Bertz CT molecular complexity index is 625. The molecule has 2 rings (SSSR count). The zero-order valence-corrected chi connectivity index (χ0v) is 13.1. The Morgan fingerprint density at radius 1 is 1.35 bits per heavy atom. The molecule has 0 unspecified atom stereocenters. The van der Waals surface area contributed by atoms with Gasteiger partial charge in [-0.05, 0) is 44.5 Å². The van der Waals surface area contributed by atoms with Gasteiger partial charge < -0.3 is 15.2 Å². The highest BCUT2D eigenvalue weighted by atomic mass is 79.9. The predicted octanol–water partition coefficient (Wildman–Crippen LogP) is 3.49. The smallest absolute Gasteiger partial charge is 0.247 e. The normalized spacial score (nSPS) is 12.0. The van der Waals surface area contributed by atoms with Gasteiger partial charge in [-0.3, -0.25) is 4.79 Å². The quantitative estimate of drug-likeness (QED) is 0.895. The fraction of sp³-hybridized carbons (Fsp3) is 0.286. The minimum absolute atomic E-state index is 0.168. The molecule has 1 aromatic heterocycles. The number of aryl methyl sites for hydroxylation is 2. The van der Waals surface area contributed by atoms with Gasteiger partial charge in [0.25, 0.3) is 0 Å². The highest BCUT2D eigenvalue weighted by Crippen LogP contribution is 2.20. The number of hydrogen-bond acceptors (Lipinski definition) is 4. The Morgan fingerprint density at radius 3 is 2.70 bits per heavy atom. The van der Waals surface area contributed by atoms with Gasteiger partial charge in [-0.15, -0.1) is 0 Å². The molecule has 0 radical (unpaired) electrons. The lowest BCUT2D eigenvalue weighted by Gasteiger charge is -2.15. The van der Waals surface area contributed by atoms with Crippen LogP contribution in [0.25, 0.3) is 0 Å². The van der Waals surface area contributed by atoms with Gasteiger partial charge in [-0.2, -0.15) is 0 Å². The van der Waals surface area contributed by atoms with E-state index < -0.39 is 0 Å². The van der Waals surface area contributed by atoms with Gasteiger partial charge >= 0.3 is 0 Å². The van der Waals surface area contributed by atoms with Gasteiger partial charge in [0.05, 0.1) is 0 Å². The van der Waals surface area contributed by atoms with Gasteiger partial charge in [0.15, 0.2) is 5.82 Å². The van der Waals surface area contributed by atoms with Crippen LogP contribution >= 0.6 is 15.9 Å². The first-order valence-corrected chi connectivity index (χ1v) is 7.02. The van der Waals surface area contributed by atoms with Gasteiger partial charge in [0.1, 0.15) is 11.8 Å². The lowest BCUT2D eigenvalue weighted by Crippen LogP contribution is -2.31. The van der Waals surface area contributed by atoms with Crippen LogP contribution in [-0.4, -0.2) is 17.1 Å². The molecule has 0 fully saturated rings. The first-order chi connectivity index (χ1) is 9.45. The van der Waals surface area contributed by atoms with Crippen LogP contribution in [0.5, 0.6) is 0 Å². The molecule has 20 heavy (non-hydrogen) atoms. The number of carbonyl (C=O) groups is 1. The van der Waals surface area contributed by atoms with Gasteiger partial charge in [-0.25, -0.2) is 0 Å². The molecule has 0 bridgehead atoms. The van der Waals surface area contributed by atoms with Crippen LogP contribution in [0, 0.1) is 13.8 Å². The number of benzene rings is 1. The molecular formula is C14H16BrN3O2. The second-order valence-electron chi connectivity index (χ2n) is 4.64. The number of halogens is 1. The predicted molar refractivity (Wildman–Crippen MR) is 81.8 cm³/mol. The van der Waals surface area contributed by atoms with Crippen molar-refractivity contribution in [1.29, 1.82) is 0 Å². The van der Waals surface area contributed by atoms with E-state index in [1.54, 1.807) is 19.9 Å². The molecular weight excluding hydrogens is 322 g/mol. The van der Waals surface area contributed by atoms with Crippen LogP contribution < -0.4 is 10.6 Å². The maximum absolute atomic E-state index is 12.0. The summed E-state index contributed by atoms with van der Waals surface area (Å²) < 4.78 is 5.94. The summed E-state index contributed by atoms with van der Waals surface area (Å²) in [5.74, 6) is 0.913. The molecule has 0 aliphatic heterocycles. The van der Waals surface area contributed by atoms with Gasteiger partial charge in [0.2, 0.25) is 5.91 Å². The third-order valence-electron chi connectivity index (χ3n) is 2.81. The molecule has 0 aliphatic rings. The SMILES string of the molecule is Cc1cc(NC(=O)[C@@H](C)Nc2ccc(Br)c(C)c2)no1. The highest BCUT2D eigenvalue weighted by molar-refractivity contribution is 9.10. The molecule has 0 saturated carbocycles. The van der Waals surface area contributed by atoms with E-state index in [-0.39, 0.29) is 11.9 Å². The highest BCUT2D eigenvalue weighted by Gasteiger charge is 2.14. The van der Waals surface area contributed by atoms with Crippen LogP contribution in [0.15, 0.2) is 33.3 Å². The average molecular weight is 338 g/mol. The van der Waals surface area contributed by atoms with Crippen molar-refractivity contribution >= 4 is 33.3 Å². The van der Waals surface area contributed by atoms with Crippen LogP contribution in [0.1, 0.15) is 18.2 Å². The molecule has 106 valence electrons. The van der Waals surface area contributed by atoms with Crippen LogP contribution in [-0.2, 0) is 4.79 Å². The number of nitrogens with one attached hydrogen (secondary N) is 2. The molecule has 1 atom stereocenters. The van der Waals surface area contributed by atoms with E-state index in [0.717, 1.165) is 15.7 Å². The molecule has 0 spiro atoms. The Morgan fingerprint density at radius 2 is 2.10 bits per heavy atom. The van der Waals surface area contributed by atoms with E-state index in [0.29, 0.717) is 11.6 Å². The number of anilines is 2. The van der Waals surface area contributed by atoms with Gasteiger partial charge in [-0.1, -0.05) is 21.1 Å². The Labute approximate surface area is 125 Å². The van der Waals surface area contributed by atoms with Crippen molar-refractivity contribution in [3.63, 3.8) is 0 Å². The topological polar surface area (TPSA) is 67.2 Å². The standard InChI is InChI=1S/C14H16BrN3O2/c1-8-6-11(4-5-12(8)15)16-10(3)14(19)17-13-7-9(2)20-18-13/h4-7,10,16H,1-3H3,(H,17,18,19)/t10-/m1/s1. The summed E-state index contributed by atoms with van der Waals surface area (Å²) in [6, 6.07) is 7.14. The first-order valence-electron chi connectivity index (χ1n) is 6.22. The summed E-state index contributed by atoms with van der Waals surface area (Å²) in [5.41, 5.74) is 2.00. The second kappa shape index (κ2) is 6.09. The van der Waals surface area contributed by atoms with Gasteiger partial charge in [0, 0.05) is 16.2 Å². The summed E-state index contributed by atoms with van der Waals surface area (Å²) >= 11 is 3.45. The number of nitrogens with zero attached hydrogens (tertiary/aromatic N) is 1.